The van der Waals surface area contributed by atoms with Crippen molar-refractivity contribution in [3.8, 4) is 0 Å². The van der Waals surface area contributed by atoms with Gasteiger partial charge in [0.05, 0.1) is 6.42 Å². The summed E-state index contributed by atoms with van der Waals surface area (Å²) in [5.41, 5.74) is 2.44. The molecule has 1 N–H and O–H groups in total. The number of nitrogens with zero attached hydrogens (tertiary/aromatic N) is 2. The first kappa shape index (κ1) is 17.1. The lowest BCUT2D eigenvalue weighted by molar-refractivity contribution is -0.137. The van der Waals surface area contributed by atoms with Crippen molar-refractivity contribution in [1.29, 1.82) is 0 Å². The topological polar surface area (TPSA) is 53.4 Å². The fourth-order valence-electron chi connectivity index (χ4n) is 3.63. The lowest BCUT2D eigenvalue weighted by atomic mass is 9.78. The van der Waals surface area contributed by atoms with Gasteiger partial charge in [0.2, 0.25) is 0 Å². The Balaban J connectivity index is 1.62. The highest BCUT2D eigenvalue weighted by Crippen LogP contribution is 2.35. The minimum absolute atomic E-state index is 0.121. The molecule has 24 heavy (non-hydrogen) atoms. The van der Waals surface area contributed by atoms with Gasteiger partial charge in [-0.3, -0.25) is 9.69 Å². The molecule has 0 spiro atoms. The number of hydrogen-bond acceptors (Lipinski definition) is 4. The molecule has 0 bridgehead atoms. The van der Waals surface area contributed by atoms with E-state index in [1.807, 2.05) is 24.4 Å². The molecule has 1 aromatic heterocycles. The summed E-state index contributed by atoms with van der Waals surface area (Å²) in [5.74, 6) is -0.134. The van der Waals surface area contributed by atoms with E-state index >= 15 is 0 Å². The molecule has 2 heterocycles. The second kappa shape index (κ2) is 7.90. The van der Waals surface area contributed by atoms with Gasteiger partial charge in [0, 0.05) is 17.6 Å². The minimum atomic E-state index is -0.702. The number of aryl methyl sites for hydroxylation is 1. The Kier molecular flexibility index (Phi) is 5.63. The van der Waals surface area contributed by atoms with E-state index in [0.717, 1.165) is 38.0 Å². The molecule has 0 saturated carbocycles. The summed E-state index contributed by atoms with van der Waals surface area (Å²) in [6, 6.07) is 10.1. The van der Waals surface area contributed by atoms with E-state index in [0.29, 0.717) is 5.92 Å². The lowest BCUT2D eigenvalue weighted by Crippen LogP contribution is -2.35. The summed E-state index contributed by atoms with van der Waals surface area (Å²) in [4.78, 5) is 15.1. The number of likely N-dealkylation sites (tertiary alicyclic amines) is 1. The van der Waals surface area contributed by atoms with E-state index < -0.39 is 5.97 Å². The normalized spacial score (nSPS) is 17.7. The van der Waals surface area contributed by atoms with Gasteiger partial charge in [-0.1, -0.05) is 30.3 Å². The number of piperidine rings is 1. The van der Waals surface area contributed by atoms with Gasteiger partial charge >= 0.3 is 5.97 Å². The van der Waals surface area contributed by atoms with Gasteiger partial charge in [-0.2, -0.15) is 0 Å². The maximum absolute atomic E-state index is 11.3. The van der Waals surface area contributed by atoms with Crippen LogP contribution in [0.25, 0.3) is 0 Å². The van der Waals surface area contributed by atoms with E-state index in [-0.39, 0.29) is 12.3 Å². The zero-order valence-electron chi connectivity index (χ0n) is 14.0. The van der Waals surface area contributed by atoms with Crippen molar-refractivity contribution < 1.29 is 9.90 Å². The van der Waals surface area contributed by atoms with Crippen LogP contribution in [-0.2, 0) is 11.3 Å². The molecule has 1 aromatic carbocycles. The zero-order valence-corrected chi connectivity index (χ0v) is 14.8. The highest BCUT2D eigenvalue weighted by Gasteiger charge is 2.29. The summed E-state index contributed by atoms with van der Waals surface area (Å²) in [5, 5.41) is 9.31. The second-order valence-electron chi connectivity index (χ2n) is 6.66. The monoisotopic (exact) mass is 344 g/mol. The molecule has 0 radical (unpaired) electrons. The van der Waals surface area contributed by atoms with E-state index in [2.05, 4.69) is 28.3 Å². The number of rotatable bonds is 6. The van der Waals surface area contributed by atoms with Gasteiger partial charge in [0.25, 0.3) is 0 Å². The van der Waals surface area contributed by atoms with Crippen LogP contribution in [0.3, 0.4) is 0 Å². The Morgan fingerprint density at radius 1 is 1.33 bits per heavy atom. The van der Waals surface area contributed by atoms with Gasteiger partial charge in [0.1, 0.15) is 0 Å². The van der Waals surface area contributed by atoms with E-state index in [1.54, 1.807) is 11.5 Å². The largest absolute Gasteiger partial charge is 0.481 e. The number of carboxylic acids is 1. The van der Waals surface area contributed by atoms with Crippen LogP contribution < -0.4 is 0 Å². The fourth-order valence-corrected chi connectivity index (χ4v) is 4.40. The third-order valence-electron chi connectivity index (χ3n) is 5.04. The highest BCUT2D eigenvalue weighted by molar-refractivity contribution is 7.05. The van der Waals surface area contributed by atoms with Crippen molar-refractivity contribution in [2.45, 2.75) is 38.6 Å². The van der Waals surface area contributed by atoms with Crippen LogP contribution >= 0.6 is 11.5 Å². The average Bonchev–Trinajstić information content (AvgIpc) is 2.99. The summed E-state index contributed by atoms with van der Waals surface area (Å²) in [6.45, 7) is 5.15. The van der Waals surface area contributed by atoms with E-state index in [9.17, 15) is 9.90 Å². The van der Waals surface area contributed by atoms with Crippen LogP contribution in [0.2, 0.25) is 0 Å². The summed E-state index contributed by atoms with van der Waals surface area (Å²) in [6.07, 6.45) is 4.28. The molecule has 5 heteroatoms. The van der Waals surface area contributed by atoms with Gasteiger partial charge in [-0.05, 0) is 67.4 Å². The smallest absolute Gasteiger partial charge is 0.303 e. The molecular weight excluding hydrogens is 320 g/mol. The molecule has 1 atom stereocenters. The summed E-state index contributed by atoms with van der Waals surface area (Å²) < 4.78 is 4.25. The van der Waals surface area contributed by atoms with Gasteiger partial charge in [-0.15, -0.1) is 0 Å². The molecule has 3 rings (SSSR count). The first-order valence-corrected chi connectivity index (χ1v) is 9.30. The molecular formula is C19H24N2O2S. The molecule has 0 aliphatic carbocycles. The van der Waals surface area contributed by atoms with Crippen LogP contribution in [0.1, 0.15) is 41.2 Å². The number of carboxylic acid groups (broad SMARTS) is 1. The maximum atomic E-state index is 11.3. The predicted molar refractivity (Wildman–Crippen MR) is 96.3 cm³/mol. The Labute approximate surface area is 147 Å². The molecule has 1 fully saturated rings. The number of benzene rings is 1. The molecule has 128 valence electrons. The minimum Gasteiger partial charge on any atom is -0.481 e. The number of carbonyl (C=O) groups is 1. The van der Waals surface area contributed by atoms with Crippen LogP contribution in [-0.4, -0.2) is 33.4 Å². The van der Waals surface area contributed by atoms with E-state index in [1.165, 1.54) is 10.4 Å². The van der Waals surface area contributed by atoms with Crippen molar-refractivity contribution >= 4 is 17.5 Å². The summed E-state index contributed by atoms with van der Waals surface area (Å²) >= 11 is 1.59. The van der Waals surface area contributed by atoms with Crippen molar-refractivity contribution in [1.82, 2.24) is 9.27 Å². The molecule has 2 aromatic rings. The van der Waals surface area contributed by atoms with Gasteiger partial charge < -0.3 is 5.11 Å². The maximum Gasteiger partial charge on any atom is 0.303 e. The number of aromatic nitrogens is 1. The average molecular weight is 344 g/mol. The summed E-state index contributed by atoms with van der Waals surface area (Å²) in [7, 11) is 0. The van der Waals surface area contributed by atoms with Crippen molar-refractivity contribution in [2.75, 3.05) is 13.1 Å². The lowest BCUT2D eigenvalue weighted by Gasteiger charge is -2.35. The number of aliphatic carboxylic acids is 1. The highest BCUT2D eigenvalue weighted by atomic mass is 32.1. The SMILES string of the molecule is Cc1cnsc1CN1CCC(C(CC(=O)O)c2ccccc2)CC1. The first-order chi connectivity index (χ1) is 11.6. The van der Waals surface area contributed by atoms with Gasteiger partial charge in [0.15, 0.2) is 0 Å². The first-order valence-electron chi connectivity index (χ1n) is 8.52. The van der Waals surface area contributed by atoms with Crippen LogP contribution in [0.15, 0.2) is 36.5 Å². The zero-order chi connectivity index (χ0) is 16.9. The van der Waals surface area contributed by atoms with Crippen LogP contribution in [0.5, 0.6) is 0 Å². The Morgan fingerprint density at radius 2 is 2.04 bits per heavy atom. The quantitative estimate of drug-likeness (QED) is 0.863. The van der Waals surface area contributed by atoms with Crippen molar-refractivity contribution in [3.05, 3.63) is 52.5 Å². The molecule has 1 aliphatic heterocycles. The Morgan fingerprint density at radius 3 is 2.62 bits per heavy atom. The van der Waals surface area contributed by atoms with Crippen molar-refractivity contribution in [2.24, 2.45) is 5.92 Å². The third kappa shape index (κ3) is 4.22. The van der Waals surface area contributed by atoms with Crippen LogP contribution in [0, 0.1) is 12.8 Å². The third-order valence-corrected chi connectivity index (χ3v) is 5.92. The molecule has 0 amide bonds. The van der Waals surface area contributed by atoms with Crippen LogP contribution in [0.4, 0.5) is 0 Å². The molecule has 1 aliphatic rings. The molecule has 1 saturated heterocycles. The second-order valence-corrected chi connectivity index (χ2v) is 7.55. The number of hydrogen-bond donors (Lipinski definition) is 1. The van der Waals surface area contributed by atoms with Gasteiger partial charge in [-0.25, -0.2) is 4.37 Å². The van der Waals surface area contributed by atoms with E-state index in [4.69, 9.17) is 0 Å². The standard InChI is InChI=1S/C19H24N2O2S/c1-14-12-20-24-18(14)13-21-9-7-16(8-10-21)17(11-19(22)23)15-5-3-2-4-6-15/h2-6,12,16-17H,7-11,13H2,1H3,(H,22,23). The Hall–Kier alpha value is -1.72. The van der Waals surface area contributed by atoms with Crippen molar-refractivity contribution in [3.63, 3.8) is 0 Å². The fraction of sp³-hybridized carbons (Fsp3) is 0.474. The molecule has 4 nitrogen and oxygen atoms in total. The predicted octanol–water partition coefficient (Wildman–Crippen LogP) is 3.92. The Bertz CT molecular complexity index is 663. The molecule has 1 unspecified atom stereocenters.